The van der Waals surface area contributed by atoms with Crippen LogP contribution in [0.5, 0.6) is 0 Å². The lowest BCUT2D eigenvalue weighted by Crippen LogP contribution is -2.23. The molecule has 0 aliphatic carbocycles. The topological polar surface area (TPSA) is 64.0 Å². The van der Waals surface area contributed by atoms with Crippen LogP contribution in [0.25, 0.3) is 16.6 Å². The molecule has 162 valence electrons. The minimum absolute atomic E-state index is 0.241. The summed E-state index contributed by atoms with van der Waals surface area (Å²) in [7, 11) is 0. The fourth-order valence-corrected chi connectivity index (χ4v) is 3.88. The summed E-state index contributed by atoms with van der Waals surface area (Å²) < 4.78 is 41.7. The van der Waals surface area contributed by atoms with Crippen LogP contribution in [0.1, 0.15) is 5.56 Å². The summed E-state index contributed by atoms with van der Waals surface area (Å²) in [6.07, 6.45) is 0. The molecule has 0 radical (unpaired) electrons. The number of carbonyl (C=O) groups is 1. The second-order valence-electron chi connectivity index (χ2n) is 6.95. The highest BCUT2D eigenvalue weighted by Gasteiger charge is 2.17. The maximum absolute atomic E-state index is 13.8. The molecule has 0 fully saturated rings. The Morgan fingerprint density at radius 3 is 2.47 bits per heavy atom. The molecule has 0 atom stereocenters. The average Bonchev–Trinajstić information content (AvgIpc) is 2.79. The second-order valence-corrected chi connectivity index (χ2v) is 7.89. The summed E-state index contributed by atoms with van der Waals surface area (Å²) in [5.41, 5.74) is 1.28. The molecule has 1 aromatic heterocycles. The number of rotatable bonds is 5. The molecule has 0 saturated carbocycles. The highest BCUT2D eigenvalue weighted by atomic mass is 32.2. The van der Waals surface area contributed by atoms with Crippen LogP contribution in [0.3, 0.4) is 0 Å². The van der Waals surface area contributed by atoms with Gasteiger partial charge < -0.3 is 5.32 Å². The second kappa shape index (κ2) is 8.88. The van der Waals surface area contributed by atoms with Gasteiger partial charge in [-0.15, -0.1) is 0 Å². The zero-order chi connectivity index (χ0) is 22.8. The molecule has 1 amide bonds. The molecule has 4 rings (SSSR count). The van der Waals surface area contributed by atoms with Crippen molar-refractivity contribution in [3.8, 4) is 5.69 Å². The van der Waals surface area contributed by atoms with Crippen molar-refractivity contribution in [2.45, 2.75) is 12.1 Å². The maximum Gasteiger partial charge on any atom is 0.266 e. The monoisotopic (exact) mass is 455 g/mol. The Kier molecular flexibility index (Phi) is 6.00. The van der Waals surface area contributed by atoms with Crippen molar-refractivity contribution in [3.63, 3.8) is 0 Å². The van der Waals surface area contributed by atoms with Gasteiger partial charge in [-0.05, 0) is 43.3 Å². The number of nitrogens with one attached hydrogen (secondary N) is 1. The molecule has 0 aliphatic rings. The first-order chi connectivity index (χ1) is 15.3. The van der Waals surface area contributed by atoms with E-state index < -0.39 is 29.0 Å². The number of carbonyl (C=O) groups excluding carboxylic acids is 1. The van der Waals surface area contributed by atoms with Gasteiger partial charge in [-0.3, -0.25) is 14.2 Å². The fraction of sp³-hybridized carbons (Fsp3) is 0.0870. The Morgan fingerprint density at radius 2 is 1.72 bits per heavy atom. The van der Waals surface area contributed by atoms with Gasteiger partial charge in [0.25, 0.3) is 5.56 Å². The number of para-hydroxylation sites is 1. The van der Waals surface area contributed by atoms with Gasteiger partial charge in [-0.1, -0.05) is 41.6 Å². The maximum atomic E-state index is 13.8. The van der Waals surface area contributed by atoms with Crippen molar-refractivity contribution in [1.82, 2.24) is 9.55 Å². The minimum Gasteiger partial charge on any atom is -0.323 e. The summed E-state index contributed by atoms with van der Waals surface area (Å²) in [6.45, 7) is 1.92. The molecule has 5 nitrogen and oxygen atoms in total. The number of halogens is 3. The Bertz CT molecular complexity index is 1390. The molecule has 1 heterocycles. The van der Waals surface area contributed by atoms with Gasteiger partial charge in [0.05, 0.1) is 28.0 Å². The van der Waals surface area contributed by atoms with Gasteiger partial charge in [0.1, 0.15) is 0 Å². The number of fused-ring (bicyclic) bond motifs is 1. The standard InChI is InChI=1S/C23H16F3N3O2S/c1-13-6-8-14(9-7-13)29-22(31)15-4-2-3-5-17(15)28-23(29)32-12-19(30)27-18-11-10-16(24)20(25)21(18)26/h2-11H,12H2,1H3,(H,27,30). The molecule has 4 aromatic rings. The number of hydrogen-bond donors (Lipinski definition) is 1. The largest absolute Gasteiger partial charge is 0.323 e. The normalized spacial score (nSPS) is 11.0. The fourth-order valence-electron chi connectivity index (χ4n) is 3.07. The average molecular weight is 455 g/mol. The molecule has 1 N–H and O–H groups in total. The highest BCUT2D eigenvalue weighted by Crippen LogP contribution is 2.23. The van der Waals surface area contributed by atoms with Crippen LogP contribution >= 0.6 is 11.8 Å². The van der Waals surface area contributed by atoms with Crippen molar-refractivity contribution < 1.29 is 18.0 Å². The smallest absolute Gasteiger partial charge is 0.266 e. The molecule has 0 spiro atoms. The van der Waals surface area contributed by atoms with E-state index in [1.54, 1.807) is 36.4 Å². The van der Waals surface area contributed by atoms with E-state index in [9.17, 15) is 22.8 Å². The lowest BCUT2D eigenvalue weighted by Gasteiger charge is -2.13. The molecule has 9 heteroatoms. The van der Waals surface area contributed by atoms with E-state index in [1.165, 1.54) is 4.57 Å². The predicted molar refractivity (Wildman–Crippen MR) is 118 cm³/mol. The van der Waals surface area contributed by atoms with E-state index >= 15 is 0 Å². The van der Waals surface area contributed by atoms with Gasteiger partial charge in [-0.25, -0.2) is 18.2 Å². The summed E-state index contributed by atoms with van der Waals surface area (Å²) >= 11 is 0.965. The SMILES string of the molecule is Cc1ccc(-n2c(SCC(=O)Nc3ccc(F)c(F)c3F)nc3ccccc3c2=O)cc1. The number of aryl methyl sites for hydroxylation is 1. The molecule has 0 unspecified atom stereocenters. The quantitative estimate of drug-likeness (QED) is 0.266. The zero-order valence-electron chi connectivity index (χ0n) is 16.7. The number of nitrogens with zero attached hydrogens (tertiary/aromatic N) is 2. The number of hydrogen-bond acceptors (Lipinski definition) is 4. The Morgan fingerprint density at radius 1 is 1.00 bits per heavy atom. The van der Waals surface area contributed by atoms with Crippen LogP contribution in [-0.4, -0.2) is 21.2 Å². The van der Waals surface area contributed by atoms with Crippen LogP contribution in [0, 0.1) is 24.4 Å². The Hall–Kier alpha value is -3.59. The number of benzene rings is 3. The third-order valence-electron chi connectivity index (χ3n) is 4.68. The van der Waals surface area contributed by atoms with E-state index in [1.807, 2.05) is 19.1 Å². The van der Waals surface area contributed by atoms with Gasteiger partial charge in [-0.2, -0.15) is 0 Å². The zero-order valence-corrected chi connectivity index (χ0v) is 17.6. The Labute approximate surface area is 184 Å². The van der Waals surface area contributed by atoms with Crippen molar-refractivity contribution in [2.24, 2.45) is 0 Å². The van der Waals surface area contributed by atoms with Crippen LogP contribution < -0.4 is 10.9 Å². The van der Waals surface area contributed by atoms with Crippen molar-refractivity contribution in [1.29, 1.82) is 0 Å². The summed E-state index contributed by atoms with van der Waals surface area (Å²) in [5.74, 6) is -5.41. The van der Waals surface area contributed by atoms with E-state index in [4.69, 9.17) is 0 Å². The van der Waals surface area contributed by atoms with Crippen LogP contribution in [0.15, 0.2) is 70.6 Å². The van der Waals surface area contributed by atoms with E-state index in [0.717, 1.165) is 29.5 Å². The first-order valence-electron chi connectivity index (χ1n) is 9.50. The molecule has 3 aromatic carbocycles. The van der Waals surface area contributed by atoms with E-state index in [0.29, 0.717) is 16.6 Å². The van der Waals surface area contributed by atoms with Crippen molar-refractivity contribution >= 4 is 34.3 Å². The first-order valence-corrected chi connectivity index (χ1v) is 10.5. The highest BCUT2D eigenvalue weighted by molar-refractivity contribution is 7.99. The van der Waals surface area contributed by atoms with Crippen LogP contribution in [-0.2, 0) is 4.79 Å². The first kappa shape index (κ1) is 21.6. The summed E-state index contributed by atoms with van der Waals surface area (Å²) in [6, 6.07) is 15.8. The number of anilines is 1. The van der Waals surface area contributed by atoms with Gasteiger partial charge in [0.15, 0.2) is 22.6 Å². The van der Waals surface area contributed by atoms with Crippen LogP contribution in [0.2, 0.25) is 0 Å². The van der Waals surface area contributed by atoms with E-state index in [2.05, 4.69) is 10.3 Å². The molecule has 0 bridgehead atoms. The third kappa shape index (κ3) is 4.24. The molecular formula is C23H16F3N3O2S. The van der Waals surface area contributed by atoms with Crippen molar-refractivity contribution in [3.05, 3.63) is 94.0 Å². The van der Waals surface area contributed by atoms with Crippen LogP contribution in [0.4, 0.5) is 18.9 Å². The summed E-state index contributed by atoms with van der Waals surface area (Å²) in [5, 5.41) is 2.89. The summed E-state index contributed by atoms with van der Waals surface area (Å²) in [4.78, 5) is 30.0. The predicted octanol–water partition coefficient (Wildman–Crippen LogP) is 4.84. The molecule has 32 heavy (non-hydrogen) atoms. The third-order valence-corrected chi connectivity index (χ3v) is 5.62. The van der Waals surface area contributed by atoms with Gasteiger partial charge in [0.2, 0.25) is 5.91 Å². The molecule has 0 aliphatic heterocycles. The minimum atomic E-state index is -1.67. The number of aromatic nitrogens is 2. The van der Waals surface area contributed by atoms with Crippen molar-refractivity contribution in [2.75, 3.05) is 11.1 Å². The number of amides is 1. The number of thioether (sulfide) groups is 1. The molecule has 0 saturated heterocycles. The lowest BCUT2D eigenvalue weighted by molar-refractivity contribution is -0.113. The Balaban J connectivity index is 1.66. The van der Waals surface area contributed by atoms with Gasteiger partial charge in [0, 0.05) is 0 Å². The van der Waals surface area contributed by atoms with E-state index in [-0.39, 0.29) is 16.5 Å². The lowest BCUT2D eigenvalue weighted by atomic mass is 10.2. The molecular weight excluding hydrogens is 439 g/mol. The van der Waals surface area contributed by atoms with Gasteiger partial charge >= 0.3 is 0 Å².